The van der Waals surface area contributed by atoms with Gasteiger partial charge >= 0.3 is 0 Å². The second kappa shape index (κ2) is 7.35. The Morgan fingerprint density at radius 3 is 2.80 bits per heavy atom. The maximum atomic E-state index is 12.7. The lowest BCUT2D eigenvalue weighted by atomic mass is 10.0. The van der Waals surface area contributed by atoms with Crippen molar-refractivity contribution in [3.63, 3.8) is 0 Å². The molecule has 136 valence electrons. The number of primary amides is 1. The second-order valence-electron chi connectivity index (χ2n) is 6.98. The van der Waals surface area contributed by atoms with Gasteiger partial charge in [-0.2, -0.15) is 0 Å². The molecule has 1 atom stereocenters. The highest BCUT2D eigenvalue weighted by Crippen LogP contribution is 2.25. The summed E-state index contributed by atoms with van der Waals surface area (Å²) in [6.45, 7) is 2.33. The second-order valence-corrected chi connectivity index (χ2v) is 6.98. The normalized spacial score (nSPS) is 20.9. The number of nitrogens with zero attached hydrogens (tertiary/aromatic N) is 5. The molecule has 25 heavy (non-hydrogen) atoms. The summed E-state index contributed by atoms with van der Waals surface area (Å²) < 4.78 is 0. The Kier molecular flexibility index (Phi) is 5.17. The monoisotopic (exact) mass is 346 g/mol. The number of fused-ring (bicyclic) bond motifs is 1. The highest BCUT2D eigenvalue weighted by Gasteiger charge is 2.32. The van der Waals surface area contributed by atoms with Gasteiger partial charge in [0.25, 0.3) is 0 Å². The molecule has 1 fully saturated rings. The Balaban J connectivity index is 1.70. The fourth-order valence-electron chi connectivity index (χ4n) is 3.71. The van der Waals surface area contributed by atoms with Crippen molar-refractivity contribution in [1.82, 2.24) is 19.8 Å². The van der Waals surface area contributed by atoms with Gasteiger partial charge in [0, 0.05) is 45.7 Å². The molecule has 2 amide bonds. The van der Waals surface area contributed by atoms with Crippen molar-refractivity contribution in [2.45, 2.75) is 38.3 Å². The van der Waals surface area contributed by atoms with Crippen LogP contribution >= 0.6 is 0 Å². The number of carbonyl (C=O) groups excluding carboxylic acids is 2. The van der Waals surface area contributed by atoms with Crippen LogP contribution in [0.15, 0.2) is 6.33 Å². The average Bonchev–Trinajstić information content (AvgIpc) is 2.60. The average molecular weight is 346 g/mol. The summed E-state index contributed by atoms with van der Waals surface area (Å²) in [5.74, 6) is 0.477. The lowest BCUT2D eigenvalue weighted by Crippen LogP contribution is -2.53. The van der Waals surface area contributed by atoms with Crippen LogP contribution in [-0.2, 0) is 22.6 Å². The molecule has 8 nitrogen and oxygen atoms in total. The number of nitrogens with two attached hydrogens (primary N) is 1. The maximum Gasteiger partial charge on any atom is 0.240 e. The topological polar surface area (TPSA) is 95.7 Å². The Morgan fingerprint density at radius 1 is 1.28 bits per heavy atom. The van der Waals surface area contributed by atoms with Gasteiger partial charge < -0.3 is 15.5 Å². The van der Waals surface area contributed by atoms with E-state index in [0.717, 1.165) is 42.9 Å². The number of hydrogen-bond acceptors (Lipinski definition) is 6. The van der Waals surface area contributed by atoms with Gasteiger partial charge in [-0.1, -0.05) is 0 Å². The van der Waals surface area contributed by atoms with E-state index >= 15 is 0 Å². The first kappa shape index (κ1) is 17.6. The van der Waals surface area contributed by atoms with Gasteiger partial charge in [-0.15, -0.1) is 0 Å². The number of amides is 2. The minimum atomic E-state index is -0.459. The van der Waals surface area contributed by atoms with E-state index in [1.807, 2.05) is 19.0 Å². The Bertz CT molecular complexity index is 663. The lowest BCUT2D eigenvalue weighted by molar-refractivity contribution is -0.142. The van der Waals surface area contributed by atoms with Crippen molar-refractivity contribution >= 4 is 17.6 Å². The quantitative estimate of drug-likeness (QED) is 0.809. The van der Waals surface area contributed by atoms with Gasteiger partial charge in [0.15, 0.2) is 0 Å². The molecule has 0 bridgehead atoms. The molecule has 8 heteroatoms. The van der Waals surface area contributed by atoms with Crippen molar-refractivity contribution in [2.24, 2.45) is 5.73 Å². The minimum Gasteiger partial charge on any atom is -0.368 e. The fraction of sp³-hybridized carbons (Fsp3) is 0.647. The zero-order valence-corrected chi connectivity index (χ0v) is 14.9. The van der Waals surface area contributed by atoms with Crippen LogP contribution in [0.5, 0.6) is 0 Å². The molecule has 0 unspecified atom stereocenters. The van der Waals surface area contributed by atoms with Crippen molar-refractivity contribution < 1.29 is 9.59 Å². The lowest BCUT2D eigenvalue weighted by Gasteiger charge is -2.36. The predicted octanol–water partition coefficient (Wildman–Crippen LogP) is -0.233. The molecule has 2 aliphatic rings. The number of piperidine rings is 1. The van der Waals surface area contributed by atoms with E-state index < -0.39 is 11.9 Å². The zero-order chi connectivity index (χ0) is 18.0. The highest BCUT2D eigenvalue weighted by atomic mass is 16.2. The van der Waals surface area contributed by atoms with Gasteiger partial charge in [0.1, 0.15) is 18.2 Å². The summed E-state index contributed by atoms with van der Waals surface area (Å²) in [5.41, 5.74) is 7.61. The Hall–Kier alpha value is -2.22. The third kappa shape index (κ3) is 3.73. The molecule has 0 radical (unpaired) electrons. The van der Waals surface area contributed by atoms with Crippen LogP contribution in [-0.4, -0.2) is 71.4 Å². The summed E-state index contributed by atoms with van der Waals surface area (Å²) in [6, 6.07) is -0.459. The van der Waals surface area contributed by atoms with Crippen molar-refractivity contribution in [2.75, 3.05) is 38.6 Å². The van der Waals surface area contributed by atoms with Crippen LogP contribution < -0.4 is 10.6 Å². The Labute approximate surface area is 148 Å². The van der Waals surface area contributed by atoms with Gasteiger partial charge in [-0.05, 0) is 19.3 Å². The molecule has 0 spiro atoms. The van der Waals surface area contributed by atoms with Gasteiger partial charge in [-0.3, -0.25) is 14.5 Å². The van der Waals surface area contributed by atoms with Crippen LogP contribution in [0.3, 0.4) is 0 Å². The van der Waals surface area contributed by atoms with Crippen LogP contribution in [0.2, 0.25) is 0 Å². The summed E-state index contributed by atoms with van der Waals surface area (Å²) in [5, 5.41) is 0. The van der Waals surface area contributed by atoms with Crippen LogP contribution in [0.4, 0.5) is 5.82 Å². The van der Waals surface area contributed by atoms with Gasteiger partial charge in [0.2, 0.25) is 11.8 Å². The molecule has 1 aromatic heterocycles. The fourth-order valence-corrected chi connectivity index (χ4v) is 3.71. The molecule has 0 aromatic carbocycles. The third-order valence-electron chi connectivity index (χ3n) is 4.99. The van der Waals surface area contributed by atoms with E-state index in [1.54, 1.807) is 11.2 Å². The van der Waals surface area contributed by atoms with Crippen molar-refractivity contribution in [1.29, 1.82) is 0 Å². The zero-order valence-electron chi connectivity index (χ0n) is 14.9. The summed E-state index contributed by atoms with van der Waals surface area (Å²) in [6.07, 6.45) is 4.93. The van der Waals surface area contributed by atoms with Gasteiger partial charge in [0.05, 0.1) is 12.2 Å². The van der Waals surface area contributed by atoms with Gasteiger partial charge in [-0.25, -0.2) is 9.97 Å². The highest BCUT2D eigenvalue weighted by molar-refractivity contribution is 5.87. The van der Waals surface area contributed by atoms with E-state index in [-0.39, 0.29) is 5.91 Å². The van der Waals surface area contributed by atoms with Crippen LogP contribution in [0, 0.1) is 0 Å². The molecule has 3 heterocycles. The molecule has 2 aliphatic heterocycles. The smallest absolute Gasteiger partial charge is 0.240 e. The van der Waals surface area contributed by atoms with E-state index in [9.17, 15) is 9.59 Å². The largest absolute Gasteiger partial charge is 0.368 e. The van der Waals surface area contributed by atoms with E-state index in [0.29, 0.717) is 26.1 Å². The molecule has 3 rings (SSSR count). The van der Waals surface area contributed by atoms with E-state index in [2.05, 4.69) is 14.9 Å². The summed E-state index contributed by atoms with van der Waals surface area (Å²) in [4.78, 5) is 38.9. The first-order valence-electron chi connectivity index (χ1n) is 8.78. The van der Waals surface area contributed by atoms with E-state index in [1.165, 1.54) is 0 Å². The molecule has 2 N–H and O–H groups in total. The molecular weight excluding hydrogens is 320 g/mol. The molecular formula is C17H26N6O2. The predicted molar refractivity (Wildman–Crippen MR) is 93.9 cm³/mol. The molecule has 0 aliphatic carbocycles. The molecule has 0 saturated carbocycles. The third-order valence-corrected chi connectivity index (χ3v) is 4.99. The number of carbonyl (C=O) groups is 2. The first-order chi connectivity index (χ1) is 12.0. The minimum absolute atomic E-state index is 0.0183. The number of aromatic nitrogens is 2. The van der Waals surface area contributed by atoms with Crippen LogP contribution in [0.1, 0.15) is 30.5 Å². The number of anilines is 1. The Morgan fingerprint density at radius 2 is 2.08 bits per heavy atom. The summed E-state index contributed by atoms with van der Waals surface area (Å²) >= 11 is 0. The molecule has 1 aromatic rings. The first-order valence-corrected chi connectivity index (χ1v) is 8.78. The van der Waals surface area contributed by atoms with Crippen molar-refractivity contribution in [3.05, 3.63) is 17.6 Å². The SMILES string of the molecule is CN(C)c1ncnc2c1CN(CC(=O)N1CCCC[C@@H]1C(N)=O)CC2. The number of hydrogen-bond donors (Lipinski definition) is 1. The van der Waals surface area contributed by atoms with E-state index in [4.69, 9.17) is 5.73 Å². The maximum absolute atomic E-state index is 12.7. The summed E-state index contributed by atoms with van der Waals surface area (Å²) in [7, 11) is 3.91. The molecule has 1 saturated heterocycles. The number of rotatable bonds is 4. The standard InChI is InChI=1S/C17H26N6O2/c1-21(2)17-12-9-22(8-6-13(12)19-11-20-17)10-15(24)23-7-4-3-5-14(23)16(18)25/h11,14H,3-10H2,1-2H3,(H2,18,25)/t14-/m1/s1. The van der Waals surface area contributed by atoms with Crippen molar-refractivity contribution in [3.8, 4) is 0 Å². The van der Waals surface area contributed by atoms with Crippen LogP contribution in [0.25, 0.3) is 0 Å². The number of likely N-dealkylation sites (tertiary alicyclic amines) is 1.